The van der Waals surface area contributed by atoms with E-state index in [1.54, 1.807) is 28.0 Å². The summed E-state index contributed by atoms with van der Waals surface area (Å²) < 4.78 is 1.60. The van der Waals surface area contributed by atoms with Crippen molar-refractivity contribution in [2.24, 2.45) is 0 Å². The van der Waals surface area contributed by atoms with Crippen molar-refractivity contribution in [3.8, 4) is 0 Å². The van der Waals surface area contributed by atoms with Gasteiger partial charge < -0.3 is 0 Å². The van der Waals surface area contributed by atoms with Gasteiger partial charge >= 0.3 is 59.1 Å². The third kappa shape index (κ3) is 4.96. The predicted octanol–water partition coefficient (Wildman–Crippen LogP) is 3.03. The van der Waals surface area contributed by atoms with Crippen LogP contribution in [0.5, 0.6) is 0 Å². The van der Waals surface area contributed by atoms with Gasteiger partial charge in [0.25, 0.3) is 0 Å². The van der Waals surface area contributed by atoms with Gasteiger partial charge in [-0.05, 0) is 0 Å². The van der Waals surface area contributed by atoms with Crippen LogP contribution in [-0.2, 0) is 24.7 Å². The van der Waals surface area contributed by atoms with Gasteiger partial charge in [-0.25, -0.2) is 0 Å². The fourth-order valence-corrected chi connectivity index (χ4v) is 1.11. The predicted molar refractivity (Wildman–Crippen MR) is 48.2 cm³/mol. The molecule has 1 aliphatic rings. The van der Waals surface area contributed by atoms with E-state index < -0.39 is 0 Å². The summed E-state index contributed by atoms with van der Waals surface area (Å²) in [4.78, 5) is 0. The normalized spacial score (nSPS) is 13.2. The van der Waals surface area contributed by atoms with E-state index in [-0.39, 0.29) is 37.2 Å². The maximum atomic E-state index is 2.22. The molecule has 4 heteroatoms. The van der Waals surface area contributed by atoms with Crippen molar-refractivity contribution in [1.29, 1.82) is 0 Å². The molecule has 0 heterocycles. The molecule has 10 heavy (non-hydrogen) atoms. The minimum atomic E-state index is 0. The Balaban J connectivity index is -0.000000163. The van der Waals surface area contributed by atoms with E-state index in [0.29, 0.717) is 0 Å². The van der Waals surface area contributed by atoms with Crippen LogP contribution in [0.2, 0.25) is 0 Å². The summed E-state index contributed by atoms with van der Waals surface area (Å²) in [5.74, 6) is 0. The Morgan fingerprint density at radius 3 is 1.90 bits per heavy atom. The zero-order valence-electron chi connectivity index (χ0n) is 5.59. The summed E-state index contributed by atoms with van der Waals surface area (Å²) in [5, 5.41) is 0. The number of halogens is 3. The molecule has 0 N–H and O–H groups in total. The van der Waals surface area contributed by atoms with Crippen molar-refractivity contribution in [2.75, 3.05) is 0 Å². The summed E-state index contributed by atoms with van der Waals surface area (Å²) in [6.45, 7) is 2.17. The Morgan fingerprint density at radius 1 is 1.30 bits per heavy atom. The maximum Gasteiger partial charge on any atom is -0.147 e. The number of allylic oxidation sites excluding steroid dienone is 4. The second kappa shape index (κ2) is 8.33. The van der Waals surface area contributed by atoms with Crippen molar-refractivity contribution < 1.29 is 24.7 Å². The van der Waals surface area contributed by atoms with E-state index in [4.69, 9.17) is 0 Å². The summed E-state index contributed by atoms with van der Waals surface area (Å²) in [6.07, 6.45) is 5.63. The van der Waals surface area contributed by atoms with Crippen molar-refractivity contribution in [1.82, 2.24) is 0 Å². The third-order valence-corrected chi connectivity index (χ3v) is 2.64. The fourth-order valence-electron chi connectivity index (χ4n) is 0.615. The summed E-state index contributed by atoms with van der Waals surface area (Å²) in [6, 6.07) is 0. The van der Waals surface area contributed by atoms with E-state index in [1.807, 2.05) is 0 Å². The van der Waals surface area contributed by atoms with Gasteiger partial charge in [-0.1, -0.05) is 0 Å². The molecule has 0 unspecified atom stereocenters. The zero-order valence-corrected chi connectivity index (χ0v) is 10.5. The van der Waals surface area contributed by atoms with Gasteiger partial charge in [0.2, 0.25) is 0 Å². The van der Waals surface area contributed by atoms with Crippen LogP contribution in [-0.4, -0.2) is 0 Å². The van der Waals surface area contributed by atoms with Crippen LogP contribution in [0.1, 0.15) is 13.3 Å². The molecule has 0 aromatic rings. The molecule has 0 aliphatic heterocycles. The number of hydrogen-bond donors (Lipinski definition) is 0. The van der Waals surface area contributed by atoms with Crippen molar-refractivity contribution in [2.45, 2.75) is 13.3 Å². The van der Waals surface area contributed by atoms with Crippen molar-refractivity contribution in [3.05, 3.63) is 21.0 Å². The first kappa shape index (κ1) is 17.4. The van der Waals surface area contributed by atoms with Gasteiger partial charge in [0.1, 0.15) is 0 Å². The first-order valence-electron chi connectivity index (χ1n) is 2.38. The Kier molecular flexibility index (Phi) is 14.5. The van der Waals surface area contributed by atoms with Crippen LogP contribution in [0.3, 0.4) is 0 Å². The summed E-state index contributed by atoms with van der Waals surface area (Å²) >= 11 is 1.58. The Morgan fingerprint density at radius 2 is 1.80 bits per heavy atom. The molecule has 0 atom stereocenters. The molecule has 59 valence electrons. The van der Waals surface area contributed by atoms with Gasteiger partial charge in [-0.2, -0.15) is 0 Å². The second-order valence-corrected chi connectivity index (χ2v) is 3.25. The molecular formula is C6H10Cl3Zr. The molecule has 1 rings (SSSR count). The molecule has 0 saturated heterocycles. The van der Waals surface area contributed by atoms with E-state index in [1.165, 1.54) is 12.0 Å². The van der Waals surface area contributed by atoms with Crippen molar-refractivity contribution in [3.63, 3.8) is 0 Å². The molecule has 0 fully saturated rings. The quantitative estimate of drug-likeness (QED) is 0.639. The average Bonchev–Trinajstić information content (AvgIpc) is 1.91. The van der Waals surface area contributed by atoms with Gasteiger partial charge in [0.15, 0.2) is 0 Å². The Labute approximate surface area is 95.6 Å². The molecule has 0 aromatic heterocycles. The summed E-state index contributed by atoms with van der Waals surface area (Å²) in [7, 11) is 0. The third-order valence-electron chi connectivity index (χ3n) is 1.17. The van der Waals surface area contributed by atoms with Gasteiger partial charge in [-0.15, -0.1) is 37.2 Å². The largest absolute Gasteiger partial charge is 0.147 e. The van der Waals surface area contributed by atoms with Crippen LogP contribution in [0.4, 0.5) is 0 Å². The molecule has 0 aromatic carbocycles. The number of rotatable bonds is 0. The first-order valence-corrected chi connectivity index (χ1v) is 3.61. The maximum absolute atomic E-state index is 2.22. The van der Waals surface area contributed by atoms with Crippen LogP contribution in [0, 0.1) is 0 Å². The molecule has 0 bridgehead atoms. The average molecular weight is 280 g/mol. The van der Waals surface area contributed by atoms with Crippen LogP contribution < -0.4 is 0 Å². The van der Waals surface area contributed by atoms with Gasteiger partial charge in [0, 0.05) is 0 Å². The Hall–Kier alpha value is 1.23. The molecule has 1 aliphatic carbocycles. The zero-order chi connectivity index (χ0) is 5.28. The Bertz CT molecular complexity index is 140. The first-order chi connectivity index (χ1) is 3.30. The van der Waals surface area contributed by atoms with Crippen LogP contribution in [0.25, 0.3) is 0 Å². The minimum absolute atomic E-state index is 0. The molecule has 0 spiro atoms. The molecule has 0 radical (unpaired) electrons. The van der Waals surface area contributed by atoms with E-state index in [0.717, 1.165) is 0 Å². The standard InChI is InChI=1S/C6H7.3ClH.Zr/c1-6-4-2-3-5-6;;;;/h2,4H,3H2,1H3;3*1H;. The molecular weight excluding hydrogens is 270 g/mol. The molecule has 0 amide bonds. The SMILES string of the molecule is CC1=[C]([Zr])CC=C1.Cl.Cl.Cl. The van der Waals surface area contributed by atoms with Gasteiger partial charge in [0.05, 0.1) is 0 Å². The molecule has 0 saturated carbocycles. The van der Waals surface area contributed by atoms with E-state index in [9.17, 15) is 0 Å². The van der Waals surface area contributed by atoms with Crippen molar-refractivity contribution >= 4 is 37.2 Å². The monoisotopic (exact) mass is 277 g/mol. The van der Waals surface area contributed by atoms with E-state index >= 15 is 0 Å². The fraction of sp³-hybridized carbons (Fsp3) is 0.333. The van der Waals surface area contributed by atoms with Crippen LogP contribution in [0.15, 0.2) is 21.0 Å². The summed E-state index contributed by atoms with van der Waals surface area (Å²) in [5.41, 5.74) is 1.48. The minimum Gasteiger partial charge on any atom is -0.147 e. The second-order valence-electron chi connectivity index (χ2n) is 1.77. The molecule has 0 nitrogen and oxygen atoms in total. The van der Waals surface area contributed by atoms with Gasteiger partial charge in [-0.3, -0.25) is 0 Å². The number of hydrogen-bond acceptors (Lipinski definition) is 0. The van der Waals surface area contributed by atoms with Crippen LogP contribution >= 0.6 is 37.2 Å². The smallest absolute Gasteiger partial charge is 0.147 e. The van der Waals surface area contributed by atoms with E-state index in [2.05, 4.69) is 19.1 Å². The topological polar surface area (TPSA) is 0 Å².